The Bertz CT molecular complexity index is 968. The summed E-state index contributed by atoms with van der Waals surface area (Å²) in [7, 11) is -3.13. The maximum Gasteiger partial charge on any atom is 0.490 e. The molecule has 0 radical (unpaired) electrons. The smallest absolute Gasteiger partial charge is 0.475 e. The zero-order valence-corrected chi connectivity index (χ0v) is 20.4. The van der Waals surface area contributed by atoms with E-state index in [0.717, 1.165) is 45.5 Å². The van der Waals surface area contributed by atoms with E-state index >= 15 is 0 Å². The van der Waals surface area contributed by atoms with Crippen LogP contribution in [0.3, 0.4) is 0 Å². The first-order valence-corrected chi connectivity index (χ1v) is 12.5. The number of likely N-dealkylation sites (tertiary alicyclic amines) is 1. The van der Waals surface area contributed by atoms with E-state index in [-0.39, 0.29) is 11.5 Å². The van der Waals surface area contributed by atoms with Gasteiger partial charge in [0.05, 0.1) is 12.4 Å². The quantitative estimate of drug-likeness (QED) is 0.441. The summed E-state index contributed by atoms with van der Waals surface area (Å²) >= 11 is 0. The van der Waals surface area contributed by atoms with Crippen LogP contribution in [0.15, 0.2) is 24.5 Å². The Morgan fingerprint density at radius 2 is 1.76 bits per heavy atom. The Morgan fingerprint density at radius 1 is 1.19 bits per heavy atom. The average molecular weight is 568 g/mol. The summed E-state index contributed by atoms with van der Waals surface area (Å²) in [5, 5.41) is 14.2. The Balaban J connectivity index is 0.000000404. The maximum absolute atomic E-state index is 11.3. The molecule has 3 heterocycles. The highest BCUT2D eigenvalue weighted by Gasteiger charge is 2.47. The molecule has 1 aromatic heterocycles. The van der Waals surface area contributed by atoms with Crippen molar-refractivity contribution in [3.8, 4) is 0 Å². The summed E-state index contributed by atoms with van der Waals surface area (Å²) in [4.78, 5) is 24.4. The number of fused-ring (bicyclic) bond motifs is 1. The first kappa shape index (κ1) is 32.5. The number of carboxylic acids is 2. The maximum atomic E-state index is 11.3. The molecule has 0 aromatic carbocycles. The third-order valence-corrected chi connectivity index (χ3v) is 6.18. The van der Waals surface area contributed by atoms with Crippen molar-refractivity contribution in [2.75, 3.05) is 32.5 Å². The van der Waals surface area contributed by atoms with Crippen molar-refractivity contribution < 1.29 is 59.3 Å². The Hall–Kier alpha value is -2.50. The number of rotatable bonds is 6. The lowest BCUT2D eigenvalue weighted by molar-refractivity contribution is -0.193. The number of carboxylic acid groups (broad SMARTS) is 2. The van der Waals surface area contributed by atoms with E-state index in [9.17, 15) is 34.8 Å². The van der Waals surface area contributed by atoms with E-state index in [4.69, 9.17) is 24.5 Å². The number of ether oxygens (including phenoxy) is 1. The number of piperidine rings is 1. The van der Waals surface area contributed by atoms with Gasteiger partial charge < -0.3 is 14.9 Å². The van der Waals surface area contributed by atoms with Crippen LogP contribution in [0.4, 0.5) is 26.3 Å². The molecule has 2 aliphatic heterocycles. The molecule has 3 rings (SSSR count). The molecule has 1 aromatic rings. The van der Waals surface area contributed by atoms with Crippen LogP contribution >= 0.6 is 0 Å². The molecule has 2 atom stereocenters. The van der Waals surface area contributed by atoms with E-state index < -0.39 is 34.3 Å². The molecule has 2 fully saturated rings. The number of alkyl halides is 6. The third-order valence-electron chi connectivity index (χ3n) is 5.45. The van der Waals surface area contributed by atoms with Gasteiger partial charge in [0, 0.05) is 50.6 Å². The van der Waals surface area contributed by atoms with Crippen LogP contribution < -0.4 is 4.72 Å². The minimum absolute atomic E-state index is 0.0676. The Kier molecular flexibility index (Phi) is 11.7. The van der Waals surface area contributed by atoms with Crippen LogP contribution in [-0.4, -0.2) is 91.4 Å². The summed E-state index contributed by atoms with van der Waals surface area (Å²) in [5.74, 6) is -5.51. The number of hydrogen-bond donors (Lipinski definition) is 3. The Labute approximate surface area is 208 Å². The molecule has 17 heteroatoms. The number of nitrogens with one attached hydrogen (secondary N) is 1. The topological polar surface area (TPSA) is 146 Å². The van der Waals surface area contributed by atoms with Crippen LogP contribution in [-0.2, 0) is 30.9 Å². The first-order valence-electron chi connectivity index (χ1n) is 10.6. The van der Waals surface area contributed by atoms with Gasteiger partial charge in [-0.3, -0.25) is 9.88 Å². The third kappa shape index (κ3) is 12.1. The van der Waals surface area contributed by atoms with Gasteiger partial charge in [-0.2, -0.15) is 26.3 Å². The van der Waals surface area contributed by atoms with Crippen molar-refractivity contribution in [2.24, 2.45) is 5.41 Å². The van der Waals surface area contributed by atoms with Crippen LogP contribution in [0.2, 0.25) is 0 Å². The zero-order chi connectivity index (χ0) is 28.5. The molecule has 37 heavy (non-hydrogen) atoms. The van der Waals surface area contributed by atoms with Crippen molar-refractivity contribution in [1.29, 1.82) is 0 Å². The second kappa shape index (κ2) is 13.3. The number of hydrogen-bond acceptors (Lipinski definition) is 7. The predicted molar refractivity (Wildman–Crippen MR) is 116 cm³/mol. The fraction of sp³-hybridized carbons (Fsp3) is 0.650. The molecule has 0 bridgehead atoms. The molecule has 0 spiro atoms. The monoisotopic (exact) mass is 567 g/mol. The van der Waals surface area contributed by atoms with Crippen LogP contribution in [0, 0.1) is 5.41 Å². The highest BCUT2D eigenvalue weighted by atomic mass is 32.2. The highest BCUT2D eigenvalue weighted by Crippen LogP contribution is 2.43. The highest BCUT2D eigenvalue weighted by molar-refractivity contribution is 7.88. The molecule has 212 valence electrons. The van der Waals surface area contributed by atoms with Gasteiger partial charge in [0.25, 0.3) is 0 Å². The predicted octanol–water partition coefficient (Wildman–Crippen LogP) is 2.27. The number of nitrogens with zero attached hydrogens (tertiary/aromatic N) is 2. The van der Waals surface area contributed by atoms with Crippen molar-refractivity contribution in [3.63, 3.8) is 0 Å². The van der Waals surface area contributed by atoms with E-state index in [1.54, 1.807) is 6.20 Å². The van der Waals surface area contributed by atoms with Gasteiger partial charge >= 0.3 is 24.3 Å². The first-order chi connectivity index (χ1) is 16.9. The van der Waals surface area contributed by atoms with Crippen LogP contribution in [0.25, 0.3) is 0 Å². The fourth-order valence-electron chi connectivity index (χ4n) is 3.87. The average Bonchev–Trinajstić information content (AvgIpc) is 3.16. The van der Waals surface area contributed by atoms with Crippen molar-refractivity contribution in [1.82, 2.24) is 14.6 Å². The summed E-state index contributed by atoms with van der Waals surface area (Å²) in [5.41, 5.74) is 1.28. The van der Waals surface area contributed by atoms with Crippen LogP contribution in [0.5, 0.6) is 0 Å². The lowest BCUT2D eigenvalue weighted by Crippen LogP contribution is -2.50. The van der Waals surface area contributed by atoms with Crippen molar-refractivity contribution in [3.05, 3.63) is 30.1 Å². The molecule has 10 nitrogen and oxygen atoms in total. The van der Waals surface area contributed by atoms with Gasteiger partial charge in [-0.15, -0.1) is 0 Å². The SMILES string of the molecule is CS(=O)(=O)NCC[C@@]12CCO[C@@H]1CCN(Cc1cccnc1)C2.O=C(O)C(F)(F)F.O=C(O)C(F)(F)F. The molecule has 0 aliphatic carbocycles. The molecule has 3 N–H and O–H groups in total. The molecule has 0 saturated carbocycles. The lowest BCUT2D eigenvalue weighted by Gasteiger charge is -2.44. The standard InChI is InChI=1S/C16H25N3O3S.2C2HF3O2/c1-23(20,21)18-8-5-16-6-10-22-15(16)4-9-19(13-16)12-14-3-2-7-17-11-14;2*3-2(4,5)1(6)7/h2-3,7,11,15,18H,4-6,8-10,12-13H2,1H3;2*(H,6,7)/t15-,16+;;/m1../s1. The van der Waals surface area contributed by atoms with Gasteiger partial charge in [0.15, 0.2) is 0 Å². The molecule has 2 aliphatic rings. The number of aliphatic carboxylic acids is 2. The van der Waals surface area contributed by atoms with Gasteiger partial charge in [-0.05, 0) is 30.9 Å². The molecular weight excluding hydrogens is 540 g/mol. The largest absolute Gasteiger partial charge is 0.490 e. The van der Waals surface area contributed by atoms with Gasteiger partial charge in [0.2, 0.25) is 10.0 Å². The summed E-state index contributed by atoms with van der Waals surface area (Å²) in [6.07, 6.45) is -2.15. The van der Waals surface area contributed by atoms with Gasteiger partial charge in [0.1, 0.15) is 0 Å². The lowest BCUT2D eigenvalue weighted by atomic mass is 9.74. The minimum Gasteiger partial charge on any atom is -0.475 e. The number of aromatic nitrogens is 1. The normalized spacial score (nSPS) is 22.1. The van der Waals surface area contributed by atoms with Gasteiger partial charge in [-0.25, -0.2) is 22.7 Å². The summed E-state index contributed by atoms with van der Waals surface area (Å²) in [6, 6.07) is 4.06. The van der Waals surface area contributed by atoms with E-state index in [2.05, 4.69) is 20.7 Å². The summed E-state index contributed by atoms with van der Waals surface area (Å²) in [6.45, 7) is 4.13. The van der Waals surface area contributed by atoms with Crippen molar-refractivity contribution in [2.45, 2.75) is 44.3 Å². The fourth-order valence-corrected chi connectivity index (χ4v) is 4.34. The van der Waals surface area contributed by atoms with E-state index in [1.807, 2.05) is 12.3 Å². The second-order valence-electron chi connectivity index (χ2n) is 8.35. The number of pyridine rings is 1. The van der Waals surface area contributed by atoms with Gasteiger partial charge in [-0.1, -0.05) is 6.07 Å². The molecule has 0 amide bonds. The minimum atomic E-state index is -5.08. The molecule has 2 saturated heterocycles. The van der Waals surface area contributed by atoms with Crippen molar-refractivity contribution >= 4 is 22.0 Å². The number of halogens is 6. The Morgan fingerprint density at radius 3 is 2.22 bits per heavy atom. The number of sulfonamides is 1. The van der Waals surface area contributed by atoms with E-state index in [0.29, 0.717) is 6.54 Å². The number of carbonyl (C=O) groups is 2. The molecular formula is C20H27F6N3O7S. The second-order valence-corrected chi connectivity index (χ2v) is 10.2. The zero-order valence-electron chi connectivity index (χ0n) is 19.5. The van der Waals surface area contributed by atoms with Crippen LogP contribution in [0.1, 0.15) is 24.8 Å². The van der Waals surface area contributed by atoms with E-state index in [1.165, 1.54) is 11.8 Å². The molecule has 0 unspecified atom stereocenters. The summed E-state index contributed by atoms with van der Waals surface area (Å²) < 4.78 is 94.6.